The van der Waals surface area contributed by atoms with Crippen molar-refractivity contribution in [2.75, 3.05) is 32.6 Å². The monoisotopic (exact) mass is 437 g/mol. The van der Waals surface area contributed by atoms with Gasteiger partial charge in [-0.25, -0.2) is 9.97 Å². The van der Waals surface area contributed by atoms with Crippen LogP contribution >= 0.6 is 0 Å². The second-order valence-electron chi connectivity index (χ2n) is 9.31. The van der Waals surface area contributed by atoms with Gasteiger partial charge in [-0.3, -0.25) is 4.98 Å². The quantitative estimate of drug-likeness (QED) is 0.389. The summed E-state index contributed by atoms with van der Waals surface area (Å²) in [7, 11) is 4.21. The summed E-state index contributed by atoms with van der Waals surface area (Å²) in [6.07, 6.45) is 4.83. The van der Waals surface area contributed by atoms with Crippen LogP contribution in [-0.2, 0) is 11.3 Å². The minimum Gasteiger partial charge on any atom is -0.381 e. The van der Waals surface area contributed by atoms with E-state index < -0.39 is 0 Å². The number of nitrogens with one attached hydrogen (secondary N) is 1. The van der Waals surface area contributed by atoms with Gasteiger partial charge < -0.3 is 15.0 Å². The first-order valence-corrected chi connectivity index (χ1v) is 11.5. The molecule has 1 fully saturated rings. The van der Waals surface area contributed by atoms with Crippen molar-refractivity contribution in [2.24, 2.45) is 0 Å². The molecule has 33 heavy (non-hydrogen) atoms. The molecule has 2 aromatic heterocycles. The maximum Gasteiger partial charge on any atom is 0.228 e. The smallest absolute Gasteiger partial charge is 0.228 e. The van der Waals surface area contributed by atoms with E-state index in [0.29, 0.717) is 11.9 Å². The number of aryl methyl sites for hydroxylation is 1. The Kier molecular flexibility index (Phi) is 4.85. The lowest BCUT2D eigenvalue weighted by Crippen LogP contribution is -2.14. The van der Waals surface area contributed by atoms with Crippen molar-refractivity contribution in [3.63, 3.8) is 0 Å². The van der Waals surface area contributed by atoms with Crippen LogP contribution in [0, 0.1) is 6.92 Å². The molecule has 2 aromatic carbocycles. The average molecular weight is 438 g/mol. The Labute approximate surface area is 193 Å². The molecule has 0 spiro atoms. The van der Waals surface area contributed by atoms with E-state index >= 15 is 0 Å². The molecule has 1 atom stereocenters. The van der Waals surface area contributed by atoms with Crippen LogP contribution in [0.4, 0.5) is 11.6 Å². The van der Waals surface area contributed by atoms with Crippen LogP contribution in [0.2, 0.25) is 0 Å². The van der Waals surface area contributed by atoms with Crippen molar-refractivity contribution in [3.8, 4) is 22.4 Å². The first kappa shape index (κ1) is 20.3. The van der Waals surface area contributed by atoms with Crippen molar-refractivity contribution >= 4 is 22.5 Å². The molecule has 3 heterocycles. The molecule has 6 nitrogen and oxygen atoms in total. The number of fused-ring (bicyclic) bond motifs is 1. The summed E-state index contributed by atoms with van der Waals surface area (Å²) in [6.45, 7) is 4.65. The molecule has 0 radical (unpaired) electrons. The molecule has 6 rings (SSSR count). The number of benzene rings is 2. The lowest BCUT2D eigenvalue weighted by atomic mass is 9.93. The lowest BCUT2D eigenvalue weighted by molar-refractivity contribution is 0.193. The van der Waals surface area contributed by atoms with Crippen LogP contribution < -0.4 is 5.32 Å². The number of hydrogen-bond acceptors (Lipinski definition) is 6. The lowest BCUT2D eigenvalue weighted by Gasteiger charge is -2.19. The zero-order chi connectivity index (χ0) is 22.5. The van der Waals surface area contributed by atoms with E-state index in [4.69, 9.17) is 14.7 Å². The highest BCUT2D eigenvalue weighted by atomic mass is 16.5. The molecule has 1 aliphatic carbocycles. The van der Waals surface area contributed by atoms with Gasteiger partial charge in [0.2, 0.25) is 5.95 Å². The minimum atomic E-state index is 0.474. The molecular formula is C27H27N5O. The summed E-state index contributed by atoms with van der Waals surface area (Å²) >= 11 is 0. The molecular weight excluding hydrogens is 410 g/mol. The third-order valence-corrected chi connectivity index (χ3v) is 6.63. The van der Waals surface area contributed by atoms with Gasteiger partial charge in [0.05, 0.1) is 17.8 Å². The van der Waals surface area contributed by atoms with Gasteiger partial charge in [0, 0.05) is 59.2 Å². The van der Waals surface area contributed by atoms with Gasteiger partial charge in [-0.05, 0) is 62.3 Å². The van der Waals surface area contributed by atoms with Gasteiger partial charge in [-0.1, -0.05) is 18.2 Å². The third kappa shape index (κ3) is 3.65. The van der Waals surface area contributed by atoms with E-state index in [1.807, 2.05) is 18.5 Å². The molecule has 166 valence electrons. The van der Waals surface area contributed by atoms with Crippen LogP contribution in [0.1, 0.15) is 29.0 Å². The summed E-state index contributed by atoms with van der Waals surface area (Å²) in [6, 6.07) is 12.9. The number of hydrogen-bond donors (Lipinski definition) is 1. The fourth-order valence-electron chi connectivity index (χ4n) is 4.93. The van der Waals surface area contributed by atoms with Crippen molar-refractivity contribution in [1.82, 2.24) is 19.9 Å². The molecule has 1 aliphatic heterocycles. The van der Waals surface area contributed by atoms with Crippen LogP contribution in [0.5, 0.6) is 0 Å². The Morgan fingerprint density at radius 1 is 1.06 bits per heavy atom. The molecule has 1 N–H and O–H groups in total. The predicted molar refractivity (Wildman–Crippen MR) is 132 cm³/mol. The molecule has 0 amide bonds. The third-order valence-electron chi connectivity index (χ3n) is 6.63. The van der Waals surface area contributed by atoms with E-state index in [-0.39, 0.29) is 0 Å². The summed E-state index contributed by atoms with van der Waals surface area (Å²) in [5.74, 6) is 1.11. The summed E-state index contributed by atoms with van der Waals surface area (Å²) in [5.41, 5.74) is 10.4. The first-order chi connectivity index (χ1) is 16.1. The second-order valence-corrected chi connectivity index (χ2v) is 9.31. The number of aromatic nitrogens is 3. The average Bonchev–Trinajstić information content (AvgIpc) is 3.23. The molecule has 1 unspecified atom stereocenters. The van der Waals surface area contributed by atoms with E-state index in [0.717, 1.165) is 54.2 Å². The molecule has 0 saturated carbocycles. The molecule has 2 aliphatic rings. The van der Waals surface area contributed by atoms with Crippen LogP contribution in [0.3, 0.4) is 0 Å². The Morgan fingerprint density at radius 2 is 1.94 bits per heavy atom. The Bertz CT molecular complexity index is 1370. The zero-order valence-corrected chi connectivity index (χ0v) is 19.2. The van der Waals surface area contributed by atoms with Gasteiger partial charge in [-0.2, -0.15) is 0 Å². The van der Waals surface area contributed by atoms with Gasteiger partial charge >= 0.3 is 0 Å². The number of rotatable bonds is 6. The number of anilines is 2. The first-order valence-electron chi connectivity index (χ1n) is 11.5. The maximum absolute atomic E-state index is 5.65. The summed E-state index contributed by atoms with van der Waals surface area (Å²) < 4.78 is 5.65. The van der Waals surface area contributed by atoms with Gasteiger partial charge in [-0.15, -0.1) is 0 Å². The molecule has 0 bridgehead atoms. The Hall–Kier alpha value is -3.35. The highest BCUT2D eigenvalue weighted by molar-refractivity contribution is 6.21. The fraction of sp³-hybridized carbons (Fsp3) is 0.296. The van der Waals surface area contributed by atoms with Crippen molar-refractivity contribution in [1.29, 1.82) is 0 Å². The van der Waals surface area contributed by atoms with Gasteiger partial charge in [0.1, 0.15) is 0 Å². The zero-order valence-electron chi connectivity index (χ0n) is 19.2. The molecule has 4 aromatic rings. The van der Waals surface area contributed by atoms with E-state index in [2.05, 4.69) is 66.6 Å². The van der Waals surface area contributed by atoms with Gasteiger partial charge in [0.15, 0.2) is 0 Å². The van der Waals surface area contributed by atoms with E-state index in [1.165, 1.54) is 27.6 Å². The maximum atomic E-state index is 5.65. The number of ether oxygens (including phenoxy) is 1. The minimum absolute atomic E-state index is 0.474. The van der Waals surface area contributed by atoms with Crippen LogP contribution in [0.25, 0.3) is 33.3 Å². The van der Waals surface area contributed by atoms with Gasteiger partial charge in [0.25, 0.3) is 0 Å². The summed E-state index contributed by atoms with van der Waals surface area (Å²) in [5, 5.41) is 4.65. The largest absolute Gasteiger partial charge is 0.381 e. The Morgan fingerprint density at radius 3 is 2.73 bits per heavy atom. The Balaban J connectivity index is 1.37. The van der Waals surface area contributed by atoms with E-state index in [9.17, 15) is 0 Å². The van der Waals surface area contributed by atoms with Crippen LogP contribution in [0.15, 0.2) is 48.8 Å². The molecule has 6 heteroatoms. The van der Waals surface area contributed by atoms with Crippen molar-refractivity contribution in [3.05, 3.63) is 65.5 Å². The van der Waals surface area contributed by atoms with E-state index in [1.54, 1.807) is 0 Å². The highest BCUT2D eigenvalue weighted by Crippen LogP contribution is 2.48. The van der Waals surface area contributed by atoms with Crippen molar-refractivity contribution < 1.29 is 4.74 Å². The molecule has 1 saturated heterocycles. The van der Waals surface area contributed by atoms with Crippen LogP contribution in [-0.4, -0.2) is 47.2 Å². The summed E-state index contributed by atoms with van der Waals surface area (Å²) in [4.78, 5) is 16.3. The fourth-order valence-corrected chi connectivity index (χ4v) is 4.93. The standard InChI is InChI=1S/C27H27N5O/c1-16-8-10-28-13-23(16)21-6-7-22-24-25(21)30-27(31-26(22)24)29-19-4-5-20(17-9-11-33-15-17)18(12-19)14-32(2)3/h4-8,10,12-13,17H,9,11,14-15H2,1-3H3,(H,29,30,31). The number of nitrogens with zero attached hydrogens (tertiary/aromatic N) is 4. The predicted octanol–water partition coefficient (Wildman–Crippen LogP) is 5.29. The topological polar surface area (TPSA) is 63.2 Å². The highest BCUT2D eigenvalue weighted by Gasteiger charge is 2.28. The number of pyridine rings is 1. The SMILES string of the molecule is Cc1ccncc1-c1ccc2c3c-2nc(Nc2ccc(C4CCOC4)c(CN(C)C)c2)nc13. The normalized spacial score (nSPS) is 16.5. The van der Waals surface area contributed by atoms with Crippen molar-refractivity contribution in [2.45, 2.75) is 25.8 Å². The second kappa shape index (κ2) is 7.90.